The van der Waals surface area contributed by atoms with E-state index in [1.165, 1.54) is 18.5 Å². The van der Waals surface area contributed by atoms with E-state index in [0.717, 1.165) is 68.5 Å². The Labute approximate surface area is 142 Å². The third kappa shape index (κ3) is 3.59. The first-order chi connectivity index (χ1) is 11.8. The van der Waals surface area contributed by atoms with Crippen molar-refractivity contribution in [3.8, 4) is 0 Å². The van der Waals surface area contributed by atoms with E-state index >= 15 is 0 Å². The van der Waals surface area contributed by atoms with E-state index in [2.05, 4.69) is 20.2 Å². The first-order valence-electron chi connectivity index (χ1n) is 9.01. The zero-order valence-electron chi connectivity index (χ0n) is 14.3. The monoisotopic (exact) mass is 327 g/mol. The van der Waals surface area contributed by atoms with Gasteiger partial charge in [-0.2, -0.15) is 0 Å². The van der Waals surface area contributed by atoms with Crippen LogP contribution in [0.2, 0.25) is 0 Å². The third-order valence-electron chi connectivity index (χ3n) is 4.99. The van der Waals surface area contributed by atoms with Crippen LogP contribution in [0.3, 0.4) is 0 Å². The highest BCUT2D eigenvalue weighted by Gasteiger charge is 2.22. The molecule has 1 aliphatic carbocycles. The number of hydrogen-bond acceptors (Lipinski definition) is 6. The zero-order chi connectivity index (χ0) is 16.4. The molecule has 1 aliphatic heterocycles. The van der Waals surface area contributed by atoms with Crippen LogP contribution in [0.15, 0.2) is 16.8 Å². The maximum absolute atomic E-state index is 5.96. The Morgan fingerprint density at radius 2 is 2.04 bits per heavy atom. The van der Waals surface area contributed by atoms with Gasteiger partial charge in [-0.1, -0.05) is 0 Å². The molecule has 0 saturated carbocycles. The number of hydrogen-bond donors (Lipinski definition) is 1. The van der Waals surface area contributed by atoms with Crippen molar-refractivity contribution < 1.29 is 4.42 Å². The van der Waals surface area contributed by atoms with Crippen LogP contribution in [0, 0.1) is 6.92 Å². The van der Waals surface area contributed by atoms with Crippen molar-refractivity contribution in [3.05, 3.63) is 35.4 Å². The molecule has 2 aromatic heterocycles. The molecule has 0 amide bonds. The molecule has 1 fully saturated rings. The molecule has 1 N–H and O–H groups in total. The second-order valence-corrected chi connectivity index (χ2v) is 6.92. The Kier molecular flexibility index (Phi) is 4.47. The Hall–Kier alpha value is -1.95. The van der Waals surface area contributed by atoms with Crippen molar-refractivity contribution in [3.63, 3.8) is 0 Å². The largest absolute Gasteiger partial charge is 0.444 e. The molecule has 2 aliphatic rings. The Morgan fingerprint density at radius 3 is 2.83 bits per heavy atom. The maximum atomic E-state index is 5.96. The molecule has 0 atom stereocenters. The number of fused-ring (bicyclic) bond motifs is 1. The van der Waals surface area contributed by atoms with Gasteiger partial charge in [-0.3, -0.25) is 4.90 Å². The summed E-state index contributed by atoms with van der Waals surface area (Å²) in [6, 6.07) is 2.48. The molecule has 2 aromatic rings. The third-order valence-corrected chi connectivity index (χ3v) is 4.99. The molecule has 0 bridgehead atoms. The molecule has 1 saturated heterocycles. The average molecular weight is 327 g/mol. The molecule has 0 unspecified atom stereocenters. The number of aryl methyl sites for hydroxylation is 3. The van der Waals surface area contributed by atoms with Crippen molar-refractivity contribution in [2.24, 2.45) is 0 Å². The quantitative estimate of drug-likeness (QED) is 0.931. The maximum Gasteiger partial charge on any atom is 0.208 e. The van der Waals surface area contributed by atoms with Crippen molar-refractivity contribution in [1.82, 2.24) is 19.9 Å². The molecule has 0 spiro atoms. The second kappa shape index (κ2) is 6.89. The van der Waals surface area contributed by atoms with E-state index < -0.39 is 0 Å². The molecule has 0 aromatic carbocycles. The lowest BCUT2D eigenvalue weighted by atomic mass is 10.0. The van der Waals surface area contributed by atoms with Gasteiger partial charge in [0, 0.05) is 37.3 Å². The fourth-order valence-corrected chi connectivity index (χ4v) is 3.64. The SMILES string of the molecule is Cc1cc(NC2CCN(Cc3nc4c(o3)CCCC4)CC2)ncn1. The number of rotatable bonds is 4. The molecular formula is C18H25N5O. The molecule has 0 radical (unpaired) electrons. The number of nitrogens with one attached hydrogen (secondary N) is 1. The van der Waals surface area contributed by atoms with Gasteiger partial charge < -0.3 is 9.73 Å². The summed E-state index contributed by atoms with van der Waals surface area (Å²) >= 11 is 0. The van der Waals surface area contributed by atoms with Crippen LogP contribution < -0.4 is 5.32 Å². The highest BCUT2D eigenvalue weighted by molar-refractivity contribution is 5.35. The Bertz CT molecular complexity index is 667. The fraction of sp³-hybridized carbons (Fsp3) is 0.611. The average Bonchev–Trinajstić information content (AvgIpc) is 2.99. The Morgan fingerprint density at radius 1 is 1.21 bits per heavy atom. The van der Waals surface area contributed by atoms with Gasteiger partial charge in [0.25, 0.3) is 0 Å². The first kappa shape index (κ1) is 15.6. The molecule has 3 heterocycles. The summed E-state index contributed by atoms with van der Waals surface area (Å²) in [6.45, 7) is 4.96. The van der Waals surface area contributed by atoms with Crippen LogP contribution in [0.4, 0.5) is 5.82 Å². The molecular weight excluding hydrogens is 302 g/mol. The van der Waals surface area contributed by atoms with Crippen LogP contribution >= 0.6 is 0 Å². The summed E-state index contributed by atoms with van der Waals surface area (Å²) in [6.07, 6.45) is 8.49. The van der Waals surface area contributed by atoms with Crippen molar-refractivity contribution in [1.29, 1.82) is 0 Å². The van der Waals surface area contributed by atoms with Gasteiger partial charge in [0.15, 0.2) is 0 Å². The summed E-state index contributed by atoms with van der Waals surface area (Å²) in [5.41, 5.74) is 2.20. The number of anilines is 1. The van der Waals surface area contributed by atoms with Crippen molar-refractivity contribution >= 4 is 5.82 Å². The van der Waals surface area contributed by atoms with Gasteiger partial charge in [-0.25, -0.2) is 15.0 Å². The topological polar surface area (TPSA) is 67.1 Å². The lowest BCUT2D eigenvalue weighted by Crippen LogP contribution is -2.38. The predicted octanol–water partition coefficient (Wildman–Crippen LogP) is 2.73. The number of oxazole rings is 1. The van der Waals surface area contributed by atoms with Gasteiger partial charge in [0.2, 0.25) is 5.89 Å². The van der Waals surface area contributed by atoms with Gasteiger partial charge in [0.05, 0.1) is 12.2 Å². The van der Waals surface area contributed by atoms with Crippen LogP contribution in [-0.4, -0.2) is 39.0 Å². The minimum absolute atomic E-state index is 0.480. The number of piperidine rings is 1. The minimum atomic E-state index is 0.480. The van der Waals surface area contributed by atoms with Crippen LogP contribution in [0.25, 0.3) is 0 Å². The highest BCUT2D eigenvalue weighted by atomic mass is 16.4. The second-order valence-electron chi connectivity index (χ2n) is 6.92. The van der Waals surface area contributed by atoms with E-state index in [4.69, 9.17) is 9.40 Å². The summed E-state index contributed by atoms with van der Waals surface area (Å²) < 4.78 is 5.96. The number of aromatic nitrogens is 3. The van der Waals surface area contributed by atoms with Gasteiger partial charge in [0.1, 0.15) is 17.9 Å². The molecule has 6 nitrogen and oxygen atoms in total. The minimum Gasteiger partial charge on any atom is -0.444 e. The standard InChI is InChI=1S/C18H25N5O/c1-13-10-17(20-12-19-13)21-14-6-8-23(9-7-14)11-18-22-15-4-2-3-5-16(15)24-18/h10,12,14H,2-9,11H2,1H3,(H,19,20,21). The normalized spacial score (nSPS) is 19.2. The number of nitrogens with zero attached hydrogens (tertiary/aromatic N) is 4. The molecule has 24 heavy (non-hydrogen) atoms. The van der Waals surface area contributed by atoms with E-state index in [9.17, 15) is 0 Å². The molecule has 6 heteroatoms. The summed E-state index contributed by atoms with van der Waals surface area (Å²) in [5.74, 6) is 2.97. The Balaban J connectivity index is 1.29. The van der Waals surface area contributed by atoms with E-state index in [-0.39, 0.29) is 0 Å². The van der Waals surface area contributed by atoms with E-state index in [0.29, 0.717) is 6.04 Å². The molecule has 128 valence electrons. The smallest absolute Gasteiger partial charge is 0.208 e. The van der Waals surface area contributed by atoms with Crippen LogP contribution in [-0.2, 0) is 19.4 Å². The van der Waals surface area contributed by atoms with Crippen LogP contribution in [0.5, 0.6) is 0 Å². The number of likely N-dealkylation sites (tertiary alicyclic amines) is 1. The lowest BCUT2D eigenvalue weighted by Gasteiger charge is -2.31. The van der Waals surface area contributed by atoms with Gasteiger partial charge in [-0.15, -0.1) is 0 Å². The fourth-order valence-electron chi connectivity index (χ4n) is 3.64. The van der Waals surface area contributed by atoms with E-state index in [1.807, 2.05) is 13.0 Å². The van der Waals surface area contributed by atoms with Gasteiger partial charge >= 0.3 is 0 Å². The zero-order valence-corrected chi connectivity index (χ0v) is 14.3. The first-order valence-corrected chi connectivity index (χ1v) is 9.01. The van der Waals surface area contributed by atoms with Crippen LogP contribution in [0.1, 0.15) is 48.7 Å². The summed E-state index contributed by atoms with van der Waals surface area (Å²) in [7, 11) is 0. The molecule has 4 rings (SSSR count). The van der Waals surface area contributed by atoms with Gasteiger partial charge in [-0.05, 0) is 39.0 Å². The van der Waals surface area contributed by atoms with E-state index in [1.54, 1.807) is 6.33 Å². The van der Waals surface area contributed by atoms with Crippen molar-refractivity contribution in [2.75, 3.05) is 18.4 Å². The summed E-state index contributed by atoms with van der Waals surface area (Å²) in [5, 5.41) is 3.53. The summed E-state index contributed by atoms with van der Waals surface area (Å²) in [4.78, 5) is 15.6. The predicted molar refractivity (Wildman–Crippen MR) is 91.8 cm³/mol. The lowest BCUT2D eigenvalue weighted by molar-refractivity contribution is 0.192. The highest BCUT2D eigenvalue weighted by Crippen LogP contribution is 2.23. The van der Waals surface area contributed by atoms with Crippen molar-refractivity contribution in [2.45, 2.75) is 58.0 Å².